The summed E-state index contributed by atoms with van der Waals surface area (Å²) in [6.45, 7) is 8.65. The summed E-state index contributed by atoms with van der Waals surface area (Å²) in [6.07, 6.45) is 0.549. The molecule has 3 fully saturated rings. The van der Waals surface area contributed by atoms with Crippen molar-refractivity contribution in [2.45, 2.75) is 64.2 Å². The van der Waals surface area contributed by atoms with Gasteiger partial charge in [-0.1, -0.05) is 62.7 Å². The molecule has 0 radical (unpaired) electrons. The fourth-order valence-electron chi connectivity index (χ4n) is 6.10. The lowest BCUT2D eigenvalue weighted by Gasteiger charge is -2.34. The minimum absolute atomic E-state index is 0.192. The van der Waals surface area contributed by atoms with Crippen molar-refractivity contribution in [3.8, 4) is 6.07 Å². The van der Waals surface area contributed by atoms with Gasteiger partial charge in [-0.2, -0.15) is 10.4 Å². The standard InChI is InChI=1S/C30H29ClN6O3/c1-17-21(11-10-19(14-32)25(17)31)37-28(39)26-22-12-20(36(26)29(37)40)16-34(22)27(38)23-13-24(30(2,3)4)33-35(23)15-18-8-6-5-7-9-18/h5-11,13,20,22,26H,12,15-16H2,1-4H3/t20?,22?,26-/m0/s1. The maximum absolute atomic E-state index is 14.1. The normalized spacial score (nSPS) is 21.8. The predicted molar refractivity (Wildman–Crippen MR) is 149 cm³/mol. The maximum atomic E-state index is 14.1. The second-order valence-corrected chi connectivity index (χ2v) is 12.1. The van der Waals surface area contributed by atoms with Crippen LogP contribution in [-0.4, -0.2) is 62.1 Å². The lowest BCUT2D eigenvalue weighted by Crippen LogP contribution is -2.55. The molecule has 204 valence electrons. The topological polar surface area (TPSA) is 103 Å². The Balaban J connectivity index is 1.32. The third kappa shape index (κ3) is 3.89. The number of nitriles is 1. The van der Waals surface area contributed by atoms with Crippen molar-refractivity contribution >= 4 is 35.1 Å². The summed E-state index contributed by atoms with van der Waals surface area (Å²) in [5.74, 6) is -0.575. The van der Waals surface area contributed by atoms with E-state index in [0.29, 0.717) is 36.5 Å². The zero-order valence-electron chi connectivity index (χ0n) is 22.8. The van der Waals surface area contributed by atoms with Gasteiger partial charge >= 0.3 is 6.03 Å². The number of halogens is 1. The van der Waals surface area contributed by atoms with E-state index in [2.05, 4.69) is 20.8 Å². The Morgan fingerprint density at radius 2 is 1.88 bits per heavy atom. The highest BCUT2D eigenvalue weighted by Gasteiger charge is 2.63. The molecule has 3 aliphatic heterocycles. The summed E-state index contributed by atoms with van der Waals surface area (Å²) in [5, 5.41) is 14.3. The van der Waals surface area contributed by atoms with Crippen molar-refractivity contribution in [1.29, 1.82) is 5.26 Å². The van der Waals surface area contributed by atoms with Gasteiger partial charge in [0.2, 0.25) is 0 Å². The van der Waals surface area contributed by atoms with Gasteiger partial charge in [0.25, 0.3) is 11.8 Å². The number of hydrogen-bond acceptors (Lipinski definition) is 5. The number of anilines is 1. The van der Waals surface area contributed by atoms with Gasteiger partial charge in [-0.25, -0.2) is 9.69 Å². The van der Waals surface area contributed by atoms with E-state index in [4.69, 9.17) is 16.7 Å². The SMILES string of the molecule is Cc1c(N2C(=O)[C@@H]3C4CC(CN4C(=O)c4cc(C(C)(C)C)nn4Cc4ccccc4)N3C2=O)ccc(C#N)c1Cl. The first kappa shape index (κ1) is 26.1. The van der Waals surface area contributed by atoms with Crippen molar-refractivity contribution in [3.63, 3.8) is 0 Å². The van der Waals surface area contributed by atoms with Gasteiger partial charge in [0.05, 0.1) is 40.6 Å². The van der Waals surface area contributed by atoms with E-state index in [1.165, 1.54) is 6.07 Å². The number of carbonyl (C=O) groups is 3. The molecular formula is C30H29ClN6O3. The number of imide groups is 1. The highest BCUT2D eigenvalue weighted by molar-refractivity contribution is 6.33. The summed E-state index contributed by atoms with van der Waals surface area (Å²) < 4.78 is 1.75. The molecule has 40 heavy (non-hydrogen) atoms. The summed E-state index contributed by atoms with van der Waals surface area (Å²) >= 11 is 6.36. The molecule has 0 aliphatic carbocycles. The van der Waals surface area contributed by atoms with Gasteiger partial charge in [-0.05, 0) is 42.7 Å². The number of urea groups is 1. The highest BCUT2D eigenvalue weighted by atomic mass is 35.5. The number of benzene rings is 2. The number of nitrogens with zero attached hydrogens (tertiary/aromatic N) is 6. The van der Waals surface area contributed by atoms with Gasteiger partial charge in [-0.3, -0.25) is 14.3 Å². The van der Waals surface area contributed by atoms with Crippen LogP contribution in [0.25, 0.3) is 0 Å². The van der Waals surface area contributed by atoms with Gasteiger partial charge < -0.3 is 9.80 Å². The van der Waals surface area contributed by atoms with E-state index in [9.17, 15) is 19.6 Å². The van der Waals surface area contributed by atoms with Crippen LogP contribution in [0.5, 0.6) is 0 Å². The van der Waals surface area contributed by atoms with Gasteiger partial charge in [0.15, 0.2) is 0 Å². The lowest BCUT2D eigenvalue weighted by molar-refractivity contribution is -0.121. The molecule has 0 N–H and O–H groups in total. The van der Waals surface area contributed by atoms with Crippen LogP contribution in [0.2, 0.25) is 5.02 Å². The van der Waals surface area contributed by atoms with Crippen LogP contribution in [0.15, 0.2) is 48.5 Å². The van der Waals surface area contributed by atoms with E-state index in [1.807, 2.05) is 42.5 Å². The third-order valence-corrected chi connectivity index (χ3v) is 8.67. The fraction of sp³-hybridized carbons (Fsp3) is 0.367. The smallest absolute Gasteiger partial charge is 0.330 e. The Hall–Kier alpha value is -4.16. The largest absolute Gasteiger partial charge is 0.332 e. The number of hydrogen-bond donors (Lipinski definition) is 0. The first-order valence-electron chi connectivity index (χ1n) is 13.3. The molecule has 2 unspecified atom stereocenters. The number of fused-ring (bicyclic) bond motifs is 5. The number of likely N-dealkylation sites (tertiary alicyclic amines) is 1. The average molecular weight is 557 g/mol. The van der Waals surface area contributed by atoms with Crippen molar-refractivity contribution in [2.75, 3.05) is 11.4 Å². The van der Waals surface area contributed by atoms with E-state index < -0.39 is 18.1 Å². The molecule has 1 aromatic heterocycles. The van der Waals surface area contributed by atoms with E-state index in [0.717, 1.165) is 16.2 Å². The zero-order valence-corrected chi connectivity index (χ0v) is 23.5. The van der Waals surface area contributed by atoms with E-state index in [-0.39, 0.29) is 33.9 Å². The minimum atomic E-state index is -0.767. The lowest BCUT2D eigenvalue weighted by atomic mass is 9.92. The summed E-state index contributed by atoms with van der Waals surface area (Å²) in [7, 11) is 0. The second-order valence-electron chi connectivity index (χ2n) is 11.7. The molecule has 0 spiro atoms. The van der Waals surface area contributed by atoms with Crippen molar-refractivity contribution in [2.24, 2.45) is 0 Å². The first-order valence-corrected chi connectivity index (χ1v) is 13.7. The Morgan fingerprint density at radius 3 is 2.55 bits per heavy atom. The number of amides is 4. The monoisotopic (exact) mass is 556 g/mol. The molecule has 3 aromatic rings. The number of rotatable bonds is 4. The van der Waals surface area contributed by atoms with Crippen LogP contribution in [-0.2, 0) is 16.8 Å². The third-order valence-electron chi connectivity index (χ3n) is 8.19. The summed E-state index contributed by atoms with van der Waals surface area (Å²) in [4.78, 5) is 45.9. The Morgan fingerprint density at radius 1 is 1.15 bits per heavy atom. The Bertz CT molecular complexity index is 1600. The minimum Gasteiger partial charge on any atom is -0.330 e. The van der Waals surface area contributed by atoms with Gasteiger partial charge in [0, 0.05) is 12.0 Å². The van der Waals surface area contributed by atoms with Crippen LogP contribution < -0.4 is 4.90 Å². The van der Waals surface area contributed by atoms with Crippen molar-refractivity contribution in [3.05, 3.63) is 81.6 Å². The first-order chi connectivity index (χ1) is 19.0. The molecule has 4 amide bonds. The predicted octanol–water partition coefficient (Wildman–Crippen LogP) is 4.50. The molecule has 6 rings (SSSR count). The molecule has 4 heterocycles. The van der Waals surface area contributed by atoms with Crippen LogP contribution in [0.1, 0.15) is 60.1 Å². The molecule has 0 saturated carbocycles. The van der Waals surface area contributed by atoms with Gasteiger partial charge in [-0.15, -0.1) is 0 Å². The quantitative estimate of drug-likeness (QED) is 0.440. The van der Waals surface area contributed by atoms with Crippen LogP contribution >= 0.6 is 11.6 Å². The number of carbonyl (C=O) groups excluding carboxylic acids is 3. The van der Waals surface area contributed by atoms with Crippen molar-refractivity contribution < 1.29 is 14.4 Å². The second kappa shape index (κ2) is 9.20. The molecular weight excluding hydrogens is 528 g/mol. The fourth-order valence-corrected chi connectivity index (χ4v) is 6.30. The maximum Gasteiger partial charge on any atom is 0.332 e. The molecule has 9 nitrogen and oxygen atoms in total. The summed E-state index contributed by atoms with van der Waals surface area (Å²) in [6, 6.07) is 14.9. The van der Waals surface area contributed by atoms with Crippen LogP contribution in [0, 0.1) is 18.3 Å². The molecule has 3 aliphatic rings. The molecule has 2 aromatic carbocycles. The van der Waals surface area contributed by atoms with Crippen molar-refractivity contribution in [1.82, 2.24) is 19.6 Å². The number of aromatic nitrogens is 2. The highest BCUT2D eigenvalue weighted by Crippen LogP contribution is 2.44. The molecule has 3 saturated heterocycles. The van der Waals surface area contributed by atoms with Gasteiger partial charge in [0.1, 0.15) is 17.8 Å². The van der Waals surface area contributed by atoms with E-state index in [1.54, 1.807) is 27.5 Å². The van der Waals surface area contributed by atoms with Crippen LogP contribution in [0.4, 0.5) is 10.5 Å². The van der Waals surface area contributed by atoms with Crippen LogP contribution in [0.3, 0.4) is 0 Å². The summed E-state index contributed by atoms with van der Waals surface area (Å²) in [5.41, 5.74) is 3.18. The Kier molecular flexibility index (Phi) is 6.00. The molecule has 3 atom stereocenters. The average Bonchev–Trinajstić information content (AvgIpc) is 3.68. The molecule has 10 heteroatoms. The molecule has 2 bridgehead atoms. The number of piperazine rings is 1. The zero-order chi connectivity index (χ0) is 28.5. The Labute approximate surface area is 237 Å². The van der Waals surface area contributed by atoms with E-state index >= 15 is 0 Å².